The first-order valence-corrected chi connectivity index (χ1v) is 7.57. The summed E-state index contributed by atoms with van der Waals surface area (Å²) in [5.41, 5.74) is 4.10. The summed E-state index contributed by atoms with van der Waals surface area (Å²) in [6.45, 7) is 4.81. The second-order valence-electron chi connectivity index (χ2n) is 5.00. The van der Waals surface area contributed by atoms with Gasteiger partial charge in [-0.15, -0.1) is 11.3 Å². The summed E-state index contributed by atoms with van der Waals surface area (Å²) in [6.07, 6.45) is 2.20. The fourth-order valence-electron chi connectivity index (χ4n) is 2.48. The van der Waals surface area contributed by atoms with Crippen LogP contribution in [0.15, 0.2) is 18.2 Å². The predicted octanol–water partition coefficient (Wildman–Crippen LogP) is 3.37. The van der Waals surface area contributed by atoms with Gasteiger partial charge >= 0.3 is 0 Å². The Morgan fingerprint density at radius 3 is 3.00 bits per heavy atom. The van der Waals surface area contributed by atoms with Crippen LogP contribution in [0.4, 0.5) is 11.4 Å². The highest BCUT2D eigenvalue weighted by Crippen LogP contribution is 2.26. The maximum absolute atomic E-state index is 12.3. The Bertz CT molecular complexity index is 663. The molecule has 104 valence electrons. The Kier molecular flexibility index (Phi) is 3.44. The zero-order valence-corrected chi connectivity index (χ0v) is 12.4. The largest absolute Gasteiger partial charge is 0.385 e. The maximum Gasteiger partial charge on any atom is 0.267 e. The molecule has 0 fully saturated rings. The zero-order valence-electron chi connectivity index (χ0n) is 11.6. The van der Waals surface area contributed by atoms with E-state index in [0.29, 0.717) is 4.88 Å². The summed E-state index contributed by atoms with van der Waals surface area (Å²) in [5, 5.41) is 7.25. The minimum absolute atomic E-state index is 0.0724. The molecule has 1 aliphatic heterocycles. The summed E-state index contributed by atoms with van der Waals surface area (Å²) in [4.78, 5) is 17.2. The van der Waals surface area contributed by atoms with E-state index in [1.807, 2.05) is 26.0 Å². The molecule has 1 aromatic carbocycles. The van der Waals surface area contributed by atoms with Gasteiger partial charge in [0.05, 0.1) is 10.7 Å². The fourth-order valence-corrected chi connectivity index (χ4v) is 3.30. The number of amides is 1. The summed E-state index contributed by atoms with van der Waals surface area (Å²) >= 11 is 1.43. The lowest BCUT2D eigenvalue weighted by Gasteiger charge is -2.18. The second kappa shape index (κ2) is 5.25. The van der Waals surface area contributed by atoms with Crippen molar-refractivity contribution in [1.29, 1.82) is 0 Å². The van der Waals surface area contributed by atoms with E-state index in [2.05, 4.69) is 21.7 Å². The van der Waals surface area contributed by atoms with Gasteiger partial charge in [0, 0.05) is 17.9 Å². The molecule has 4 nitrogen and oxygen atoms in total. The number of hydrogen-bond donors (Lipinski definition) is 2. The molecule has 0 unspecified atom stereocenters. The molecule has 1 amide bonds. The molecule has 3 rings (SSSR count). The average molecular weight is 287 g/mol. The van der Waals surface area contributed by atoms with Crippen molar-refractivity contribution >= 4 is 28.6 Å². The first-order chi connectivity index (χ1) is 9.63. The molecule has 20 heavy (non-hydrogen) atoms. The van der Waals surface area contributed by atoms with Crippen molar-refractivity contribution < 1.29 is 4.79 Å². The number of hydrogen-bond acceptors (Lipinski definition) is 4. The van der Waals surface area contributed by atoms with E-state index in [0.717, 1.165) is 35.8 Å². The number of benzene rings is 1. The monoisotopic (exact) mass is 287 g/mol. The Morgan fingerprint density at radius 2 is 2.25 bits per heavy atom. The number of nitrogens with one attached hydrogen (secondary N) is 2. The first kappa shape index (κ1) is 13.1. The molecule has 1 aromatic heterocycles. The van der Waals surface area contributed by atoms with Gasteiger partial charge in [0.1, 0.15) is 4.88 Å². The van der Waals surface area contributed by atoms with Gasteiger partial charge in [-0.1, -0.05) is 0 Å². The number of carbonyl (C=O) groups excluding carboxylic acids is 1. The van der Waals surface area contributed by atoms with Crippen molar-refractivity contribution in [2.75, 3.05) is 17.2 Å². The van der Waals surface area contributed by atoms with Crippen molar-refractivity contribution in [3.8, 4) is 0 Å². The van der Waals surface area contributed by atoms with Gasteiger partial charge < -0.3 is 10.6 Å². The van der Waals surface area contributed by atoms with Crippen molar-refractivity contribution in [1.82, 2.24) is 4.98 Å². The number of aromatic nitrogens is 1. The van der Waals surface area contributed by atoms with Gasteiger partial charge in [0.25, 0.3) is 5.91 Å². The first-order valence-electron chi connectivity index (χ1n) is 6.75. The number of aryl methyl sites for hydroxylation is 3. The Hall–Kier alpha value is -1.88. The number of carbonyl (C=O) groups is 1. The topological polar surface area (TPSA) is 54.0 Å². The van der Waals surface area contributed by atoms with Crippen LogP contribution in [-0.2, 0) is 6.42 Å². The number of thiazole rings is 1. The molecule has 5 heteroatoms. The lowest BCUT2D eigenvalue weighted by Crippen LogP contribution is -2.14. The molecular weight excluding hydrogens is 270 g/mol. The molecule has 0 aliphatic carbocycles. The van der Waals surface area contributed by atoms with Crippen LogP contribution in [0.5, 0.6) is 0 Å². The average Bonchev–Trinajstić information content (AvgIpc) is 2.78. The van der Waals surface area contributed by atoms with Crippen LogP contribution in [0.2, 0.25) is 0 Å². The number of anilines is 2. The van der Waals surface area contributed by atoms with Crippen LogP contribution >= 0.6 is 11.3 Å². The molecule has 2 aromatic rings. The molecule has 0 atom stereocenters. The van der Waals surface area contributed by atoms with E-state index in [-0.39, 0.29) is 5.91 Å². The maximum atomic E-state index is 12.3. The van der Waals surface area contributed by atoms with Crippen LogP contribution in [-0.4, -0.2) is 17.4 Å². The third-order valence-corrected chi connectivity index (χ3v) is 4.48. The van der Waals surface area contributed by atoms with Gasteiger partial charge in [0.2, 0.25) is 0 Å². The fraction of sp³-hybridized carbons (Fsp3) is 0.333. The molecule has 0 radical (unpaired) electrons. The van der Waals surface area contributed by atoms with Gasteiger partial charge in [-0.3, -0.25) is 4.79 Å². The van der Waals surface area contributed by atoms with Crippen LogP contribution in [0.25, 0.3) is 0 Å². The van der Waals surface area contributed by atoms with Crippen LogP contribution in [0, 0.1) is 13.8 Å². The van der Waals surface area contributed by atoms with Crippen molar-refractivity contribution in [3.63, 3.8) is 0 Å². The lowest BCUT2D eigenvalue weighted by atomic mass is 10.0. The normalized spacial score (nSPS) is 13.5. The Labute approximate surface area is 122 Å². The van der Waals surface area contributed by atoms with Crippen molar-refractivity contribution in [3.05, 3.63) is 39.3 Å². The molecule has 2 heterocycles. The smallest absolute Gasteiger partial charge is 0.267 e. The van der Waals surface area contributed by atoms with Gasteiger partial charge in [0.15, 0.2) is 0 Å². The van der Waals surface area contributed by atoms with Crippen LogP contribution in [0.3, 0.4) is 0 Å². The van der Waals surface area contributed by atoms with E-state index < -0.39 is 0 Å². The minimum atomic E-state index is -0.0724. The standard InChI is InChI=1S/C15H17N3OS/c1-9-14(20-10(2)17-9)15(19)18-12-5-6-13-11(8-12)4-3-7-16-13/h5-6,8,16H,3-4,7H2,1-2H3,(H,18,19). The van der Waals surface area contributed by atoms with E-state index >= 15 is 0 Å². The van der Waals surface area contributed by atoms with Crippen LogP contribution < -0.4 is 10.6 Å². The van der Waals surface area contributed by atoms with E-state index in [1.165, 1.54) is 22.6 Å². The third kappa shape index (κ3) is 2.54. The van der Waals surface area contributed by atoms with E-state index in [9.17, 15) is 4.79 Å². The summed E-state index contributed by atoms with van der Waals surface area (Å²) in [6, 6.07) is 6.04. The van der Waals surface area contributed by atoms with Gasteiger partial charge in [-0.25, -0.2) is 4.98 Å². The molecule has 1 aliphatic rings. The lowest BCUT2D eigenvalue weighted by molar-refractivity contribution is 0.103. The Morgan fingerprint density at radius 1 is 1.40 bits per heavy atom. The van der Waals surface area contributed by atoms with Crippen LogP contribution in [0.1, 0.15) is 32.4 Å². The SMILES string of the molecule is Cc1nc(C)c(C(=O)Nc2ccc3c(c2)CCCN3)s1. The second-order valence-corrected chi connectivity index (χ2v) is 6.21. The third-order valence-electron chi connectivity index (χ3n) is 3.41. The van der Waals surface area contributed by atoms with E-state index in [1.54, 1.807) is 0 Å². The number of rotatable bonds is 2. The van der Waals surface area contributed by atoms with Crippen molar-refractivity contribution in [2.24, 2.45) is 0 Å². The molecule has 2 N–H and O–H groups in total. The van der Waals surface area contributed by atoms with Gasteiger partial charge in [-0.05, 0) is 50.5 Å². The summed E-state index contributed by atoms with van der Waals surface area (Å²) < 4.78 is 0. The zero-order chi connectivity index (χ0) is 14.1. The number of fused-ring (bicyclic) bond motifs is 1. The summed E-state index contributed by atoms with van der Waals surface area (Å²) in [7, 11) is 0. The minimum Gasteiger partial charge on any atom is -0.385 e. The quantitative estimate of drug-likeness (QED) is 0.890. The Balaban J connectivity index is 1.81. The highest BCUT2D eigenvalue weighted by molar-refractivity contribution is 7.13. The molecule has 0 spiro atoms. The van der Waals surface area contributed by atoms with Crippen molar-refractivity contribution in [2.45, 2.75) is 26.7 Å². The highest BCUT2D eigenvalue weighted by Gasteiger charge is 2.15. The summed E-state index contributed by atoms with van der Waals surface area (Å²) in [5.74, 6) is -0.0724. The molecule has 0 saturated heterocycles. The molecular formula is C15H17N3OS. The number of nitrogens with zero attached hydrogens (tertiary/aromatic N) is 1. The molecule has 0 bridgehead atoms. The van der Waals surface area contributed by atoms with E-state index in [4.69, 9.17) is 0 Å². The van der Waals surface area contributed by atoms with Gasteiger partial charge in [-0.2, -0.15) is 0 Å². The highest BCUT2D eigenvalue weighted by atomic mass is 32.1. The molecule has 0 saturated carbocycles. The predicted molar refractivity (Wildman–Crippen MR) is 82.8 cm³/mol.